The summed E-state index contributed by atoms with van der Waals surface area (Å²) in [4.78, 5) is 4.41. The van der Waals surface area contributed by atoms with Gasteiger partial charge in [-0.1, -0.05) is 12.8 Å². The van der Waals surface area contributed by atoms with Gasteiger partial charge < -0.3 is 10.3 Å². The van der Waals surface area contributed by atoms with Gasteiger partial charge in [0, 0.05) is 28.4 Å². The van der Waals surface area contributed by atoms with Gasteiger partial charge in [-0.15, -0.1) is 11.3 Å². The standard InChI is InChI=1S/C14H19N3S/c1-9-7-12(13-8-18-14(15)16-13)10(2)17(9)11-5-3-4-6-11/h7-8,11H,3-6H2,1-2H3,(H2,15,16). The van der Waals surface area contributed by atoms with Crippen LogP contribution in [0.1, 0.15) is 43.1 Å². The second-order valence-electron chi connectivity index (χ2n) is 5.16. The highest BCUT2D eigenvalue weighted by Crippen LogP contribution is 2.36. The first-order chi connectivity index (χ1) is 8.66. The van der Waals surface area contributed by atoms with Gasteiger partial charge in [-0.2, -0.15) is 0 Å². The zero-order valence-electron chi connectivity index (χ0n) is 10.9. The van der Waals surface area contributed by atoms with Crippen molar-refractivity contribution in [3.05, 3.63) is 22.8 Å². The van der Waals surface area contributed by atoms with Gasteiger partial charge in [0.25, 0.3) is 0 Å². The lowest BCUT2D eigenvalue weighted by atomic mass is 10.2. The fourth-order valence-corrected chi connectivity index (χ4v) is 3.74. The molecule has 0 amide bonds. The van der Waals surface area contributed by atoms with Crippen LogP contribution in [0.3, 0.4) is 0 Å². The fourth-order valence-electron chi connectivity index (χ4n) is 3.17. The molecule has 2 heterocycles. The Balaban J connectivity index is 2.04. The van der Waals surface area contributed by atoms with Gasteiger partial charge in [0.05, 0.1) is 5.69 Å². The average molecular weight is 261 g/mol. The molecule has 1 saturated carbocycles. The lowest BCUT2D eigenvalue weighted by Gasteiger charge is -2.17. The molecule has 0 unspecified atom stereocenters. The molecule has 4 heteroatoms. The number of nitrogens with zero attached hydrogens (tertiary/aromatic N) is 2. The summed E-state index contributed by atoms with van der Waals surface area (Å²) >= 11 is 1.51. The molecule has 2 aromatic heterocycles. The Morgan fingerprint density at radius 1 is 1.33 bits per heavy atom. The third-order valence-electron chi connectivity index (χ3n) is 3.97. The number of nitrogen functional groups attached to an aromatic ring is 1. The van der Waals surface area contributed by atoms with Gasteiger partial charge in [-0.3, -0.25) is 0 Å². The number of hydrogen-bond acceptors (Lipinski definition) is 3. The molecule has 3 nitrogen and oxygen atoms in total. The minimum absolute atomic E-state index is 0.649. The van der Waals surface area contributed by atoms with Crippen LogP contribution >= 0.6 is 11.3 Å². The average Bonchev–Trinajstić information content (AvgIpc) is 3.01. The van der Waals surface area contributed by atoms with Crippen molar-refractivity contribution in [1.29, 1.82) is 0 Å². The van der Waals surface area contributed by atoms with Crippen molar-refractivity contribution >= 4 is 16.5 Å². The molecule has 1 aliphatic carbocycles. The highest BCUT2D eigenvalue weighted by molar-refractivity contribution is 7.13. The van der Waals surface area contributed by atoms with Gasteiger partial charge >= 0.3 is 0 Å². The molecule has 96 valence electrons. The second kappa shape index (κ2) is 4.43. The van der Waals surface area contributed by atoms with E-state index in [0.29, 0.717) is 11.2 Å². The molecule has 2 aromatic rings. The molecule has 0 aromatic carbocycles. The van der Waals surface area contributed by atoms with E-state index < -0.39 is 0 Å². The normalized spacial score (nSPS) is 16.6. The van der Waals surface area contributed by atoms with E-state index in [9.17, 15) is 0 Å². The molecular weight excluding hydrogens is 242 g/mol. The first-order valence-electron chi connectivity index (χ1n) is 6.56. The maximum Gasteiger partial charge on any atom is 0.180 e. The maximum atomic E-state index is 5.73. The molecule has 0 atom stereocenters. The molecule has 3 rings (SSSR count). The summed E-state index contributed by atoms with van der Waals surface area (Å²) in [6.07, 6.45) is 5.35. The van der Waals surface area contributed by atoms with E-state index >= 15 is 0 Å². The first kappa shape index (κ1) is 11.8. The van der Waals surface area contributed by atoms with Crippen molar-refractivity contribution in [2.45, 2.75) is 45.6 Å². The Morgan fingerprint density at radius 2 is 2.06 bits per heavy atom. The van der Waals surface area contributed by atoms with Gasteiger partial charge in [0.15, 0.2) is 5.13 Å². The Hall–Kier alpha value is -1.29. The van der Waals surface area contributed by atoms with Crippen LogP contribution < -0.4 is 5.73 Å². The number of hydrogen-bond donors (Lipinski definition) is 1. The maximum absolute atomic E-state index is 5.73. The van der Waals surface area contributed by atoms with E-state index in [1.807, 2.05) is 0 Å². The topological polar surface area (TPSA) is 43.8 Å². The number of aromatic nitrogens is 2. The number of nitrogens with two attached hydrogens (primary N) is 1. The van der Waals surface area contributed by atoms with Gasteiger partial charge in [-0.05, 0) is 32.8 Å². The van der Waals surface area contributed by atoms with Crippen LogP contribution in [-0.4, -0.2) is 9.55 Å². The highest BCUT2D eigenvalue weighted by Gasteiger charge is 2.22. The molecule has 0 spiro atoms. The largest absolute Gasteiger partial charge is 0.375 e. The van der Waals surface area contributed by atoms with E-state index in [-0.39, 0.29) is 0 Å². The van der Waals surface area contributed by atoms with E-state index in [0.717, 1.165) is 5.69 Å². The number of thiazole rings is 1. The summed E-state index contributed by atoms with van der Waals surface area (Å²) in [5.41, 5.74) is 10.7. The van der Waals surface area contributed by atoms with Crippen molar-refractivity contribution in [3.8, 4) is 11.3 Å². The number of rotatable bonds is 2. The molecule has 1 aliphatic rings. The smallest absolute Gasteiger partial charge is 0.180 e. The van der Waals surface area contributed by atoms with Crippen LogP contribution in [0.4, 0.5) is 5.13 Å². The van der Waals surface area contributed by atoms with Gasteiger partial charge in [0.2, 0.25) is 0 Å². The van der Waals surface area contributed by atoms with Crippen molar-refractivity contribution in [3.63, 3.8) is 0 Å². The molecule has 0 bridgehead atoms. The third kappa shape index (κ3) is 1.85. The summed E-state index contributed by atoms with van der Waals surface area (Å²) in [5, 5.41) is 2.70. The van der Waals surface area contributed by atoms with Crippen LogP contribution in [0.15, 0.2) is 11.4 Å². The lowest BCUT2D eigenvalue weighted by Crippen LogP contribution is -2.08. The third-order valence-corrected chi connectivity index (χ3v) is 4.65. The minimum atomic E-state index is 0.649. The minimum Gasteiger partial charge on any atom is -0.375 e. The predicted molar refractivity (Wildman–Crippen MR) is 76.9 cm³/mol. The highest BCUT2D eigenvalue weighted by atomic mass is 32.1. The van der Waals surface area contributed by atoms with Crippen LogP contribution in [0.25, 0.3) is 11.3 Å². The quantitative estimate of drug-likeness (QED) is 0.890. The predicted octanol–water partition coefficient (Wildman–Crippen LogP) is 3.93. The van der Waals surface area contributed by atoms with Crippen LogP contribution in [0, 0.1) is 13.8 Å². The molecule has 2 N–H and O–H groups in total. The Kier molecular flexibility index (Phi) is 2.90. The number of aryl methyl sites for hydroxylation is 1. The van der Waals surface area contributed by atoms with E-state index in [1.54, 1.807) is 0 Å². The van der Waals surface area contributed by atoms with E-state index in [4.69, 9.17) is 5.73 Å². The van der Waals surface area contributed by atoms with Crippen molar-refractivity contribution < 1.29 is 0 Å². The second-order valence-corrected chi connectivity index (χ2v) is 6.05. The van der Waals surface area contributed by atoms with Gasteiger partial charge in [-0.25, -0.2) is 4.98 Å². The van der Waals surface area contributed by atoms with Crippen molar-refractivity contribution in [2.24, 2.45) is 0 Å². The molecule has 0 aliphatic heterocycles. The van der Waals surface area contributed by atoms with Crippen LogP contribution in [-0.2, 0) is 0 Å². The van der Waals surface area contributed by atoms with E-state index in [2.05, 4.69) is 34.8 Å². The van der Waals surface area contributed by atoms with Crippen LogP contribution in [0.2, 0.25) is 0 Å². The molecule has 1 fully saturated rings. The fraction of sp³-hybridized carbons (Fsp3) is 0.500. The Labute approximate surface area is 112 Å². The van der Waals surface area contributed by atoms with Crippen LogP contribution in [0.5, 0.6) is 0 Å². The summed E-state index contributed by atoms with van der Waals surface area (Å²) < 4.78 is 2.50. The zero-order chi connectivity index (χ0) is 12.7. The zero-order valence-corrected chi connectivity index (χ0v) is 11.8. The summed E-state index contributed by atoms with van der Waals surface area (Å²) in [6.45, 7) is 4.40. The van der Waals surface area contributed by atoms with E-state index in [1.165, 1.54) is 54.0 Å². The Bertz CT molecular complexity index is 562. The summed E-state index contributed by atoms with van der Waals surface area (Å²) in [7, 11) is 0. The Morgan fingerprint density at radius 3 is 2.67 bits per heavy atom. The molecular formula is C14H19N3S. The molecule has 0 saturated heterocycles. The van der Waals surface area contributed by atoms with Gasteiger partial charge in [0.1, 0.15) is 0 Å². The summed E-state index contributed by atoms with van der Waals surface area (Å²) in [5.74, 6) is 0. The monoisotopic (exact) mass is 261 g/mol. The lowest BCUT2D eigenvalue weighted by molar-refractivity contribution is 0.500. The number of anilines is 1. The van der Waals surface area contributed by atoms with Crippen molar-refractivity contribution in [2.75, 3.05) is 5.73 Å². The summed E-state index contributed by atoms with van der Waals surface area (Å²) in [6, 6.07) is 2.94. The SMILES string of the molecule is Cc1cc(-c2csc(N)n2)c(C)n1C1CCCC1. The molecule has 18 heavy (non-hydrogen) atoms. The first-order valence-corrected chi connectivity index (χ1v) is 7.44. The molecule has 0 radical (unpaired) electrons. The van der Waals surface area contributed by atoms with Crippen molar-refractivity contribution in [1.82, 2.24) is 9.55 Å².